The second kappa shape index (κ2) is 9.28. The molecule has 0 aromatic heterocycles. The van der Waals surface area contributed by atoms with E-state index in [1.54, 1.807) is 13.1 Å². The van der Waals surface area contributed by atoms with Crippen LogP contribution in [0.5, 0.6) is 0 Å². The summed E-state index contributed by atoms with van der Waals surface area (Å²) in [4.78, 5) is 27.2. The molecule has 1 unspecified atom stereocenters. The van der Waals surface area contributed by atoms with Gasteiger partial charge in [0, 0.05) is 18.3 Å². The number of quaternary nitrogens is 1. The highest BCUT2D eigenvalue weighted by atomic mass is 19.1. The molecule has 2 atom stereocenters. The number of nitrogens with zero attached hydrogens (tertiary/aromatic N) is 1. The molecule has 2 amide bonds. The van der Waals surface area contributed by atoms with E-state index in [2.05, 4.69) is 5.32 Å². The lowest BCUT2D eigenvalue weighted by Crippen LogP contribution is -3.12. The third-order valence-electron chi connectivity index (χ3n) is 4.57. The van der Waals surface area contributed by atoms with Gasteiger partial charge in [0.2, 0.25) is 5.91 Å². The highest BCUT2D eigenvalue weighted by Crippen LogP contribution is 2.08. The number of amides is 2. The SMILES string of the molecule is Cc1ccc(NC(=O)CN(C)C(=O)[C@@H](C)[NH+](C)Cc2cccc(F)c2)cc1. The lowest BCUT2D eigenvalue weighted by Gasteiger charge is -2.25. The molecule has 2 rings (SSSR count). The molecule has 2 N–H and O–H groups in total. The summed E-state index contributed by atoms with van der Waals surface area (Å²) in [5.74, 6) is -0.670. The third kappa shape index (κ3) is 6.18. The van der Waals surface area contributed by atoms with Crippen LogP contribution in [-0.2, 0) is 16.1 Å². The number of anilines is 1. The van der Waals surface area contributed by atoms with Gasteiger partial charge in [0.1, 0.15) is 12.4 Å². The number of hydrogen-bond acceptors (Lipinski definition) is 2. The average molecular weight is 372 g/mol. The molecule has 6 heteroatoms. The Balaban J connectivity index is 1.88. The molecule has 0 saturated carbocycles. The van der Waals surface area contributed by atoms with Gasteiger partial charge in [-0.05, 0) is 38.1 Å². The summed E-state index contributed by atoms with van der Waals surface area (Å²) in [7, 11) is 3.50. The molecule has 0 aliphatic heterocycles. The summed E-state index contributed by atoms with van der Waals surface area (Å²) in [6, 6.07) is 13.5. The Kier molecular flexibility index (Phi) is 7.07. The predicted molar refractivity (Wildman–Crippen MR) is 104 cm³/mol. The van der Waals surface area contributed by atoms with Gasteiger partial charge in [0.15, 0.2) is 6.04 Å². The van der Waals surface area contributed by atoms with Crippen LogP contribution >= 0.6 is 0 Å². The summed E-state index contributed by atoms with van der Waals surface area (Å²) in [6.07, 6.45) is 0. The van der Waals surface area contributed by atoms with E-state index < -0.39 is 0 Å². The fourth-order valence-corrected chi connectivity index (χ4v) is 2.79. The fourth-order valence-electron chi connectivity index (χ4n) is 2.79. The van der Waals surface area contributed by atoms with Crippen LogP contribution in [0.1, 0.15) is 18.1 Å². The summed E-state index contributed by atoms with van der Waals surface area (Å²) in [5.41, 5.74) is 2.64. The zero-order valence-electron chi connectivity index (χ0n) is 16.3. The molecular weight excluding hydrogens is 345 g/mol. The molecule has 0 saturated heterocycles. The molecule has 0 radical (unpaired) electrons. The maximum absolute atomic E-state index is 13.3. The minimum absolute atomic E-state index is 0.0235. The number of hydrogen-bond donors (Lipinski definition) is 2. The van der Waals surface area contributed by atoms with Crippen LogP contribution in [0.15, 0.2) is 48.5 Å². The van der Waals surface area contributed by atoms with Gasteiger partial charge in [-0.15, -0.1) is 0 Å². The Labute approximate surface area is 159 Å². The first kappa shape index (κ1) is 20.6. The topological polar surface area (TPSA) is 53.9 Å². The Bertz CT molecular complexity index is 792. The van der Waals surface area contributed by atoms with Gasteiger partial charge < -0.3 is 15.1 Å². The molecule has 27 heavy (non-hydrogen) atoms. The molecule has 0 spiro atoms. The van der Waals surface area contributed by atoms with Crippen molar-refractivity contribution in [2.45, 2.75) is 26.4 Å². The second-order valence-electron chi connectivity index (χ2n) is 6.98. The highest BCUT2D eigenvalue weighted by Gasteiger charge is 2.26. The predicted octanol–water partition coefficient (Wildman–Crippen LogP) is 1.63. The zero-order valence-corrected chi connectivity index (χ0v) is 16.3. The van der Waals surface area contributed by atoms with Gasteiger partial charge in [0.25, 0.3) is 5.91 Å². The van der Waals surface area contributed by atoms with E-state index in [1.807, 2.05) is 51.2 Å². The summed E-state index contributed by atoms with van der Waals surface area (Å²) in [5, 5.41) is 2.79. The smallest absolute Gasteiger partial charge is 0.280 e. The Hall–Kier alpha value is -2.73. The van der Waals surface area contributed by atoms with E-state index in [-0.39, 0.29) is 30.2 Å². The van der Waals surface area contributed by atoms with Gasteiger partial charge in [0.05, 0.1) is 13.6 Å². The van der Waals surface area contributed by atoms with Crippen LogP contribution in [0.3, 0.4) is 0 Å². The highest BCUT2D eigenvalue weighted by molar-refractivity contribution is 5.94. The van der Waals surface area contributed by atoms with E-state index in [0.29, 0.717) is 12.2 Å². The van der Waals surface area contributed by atoms with Crippen molar-refractivity contribution in [1.82, 2.24) is 4.90 Å². The summed E-state index contributed by atoms with van der Waals surface area (Å²) >= 11 is 0. The van der Waals surface area contributed by atoms with Crippen molar-refractivity contribution in [3.8, 4) is 0 Å². The molecule has 0 fully saturated rings. The Morgan fingerprint density at radius 1 is 1.19 bits per heavy atom. The van der Waals surface area contributed by atoms with E-state index in [0.717, 1.165) is 16.0 Å². The molecule has 0 aliphatic rings. The molecule has 0 aliphatic carbocycles. The fraction of sp³-hybridized carbons (Fsp3) is 0.333. The van der Waals surface area contributed by atoms with Crippen LogP contribution in [0, 0.1) is 12.7 Å². The van der Waals surface area contributed by atoms with Gasteiger partial charge >= 0.3 is 0 Å². The van der Waals surface area contributed by atoms with Crippen molar-refractivity contribution in [2.75, 3.05) is 26.0 Å². The number of nitrogens with one attached hydrogen (secondary N) is 2. The molecule has 0 bridgehead atoms. The van der Waals surface area contributed by atoms with Crippen molar-refractivity contribution in [3.63, 3.8) is 0 Å². The van der Waals surface area contributed by atoms with Crippen LogP contribution in [-0.4, -0.2) is 43.4 Å². The monoisotopic (exact) mass is 372 g/mol. The maximum Gasteiger partial charge on any atom is 0.280 e. The first-order valence-corrected chi connectivity index (χ1v) is 8.94. The normalized spacial score (nSPS) is 12.9. The quantitative estimate of drug-likeness (QED) is 0.776. The number of halogens is 1. The Morgan fingerprint density at radius 2 is 1.85 bits per heavy atom. The number of benzene rings is 2. The number of likely N-dealkylation sites (N-methyl/N-ethyl adjacent to an activating group) is 2. The number of rotatable bonds is 7. The number of carbonyl (C=O) groups excluding carboxylic acids is 2. The van der Waals surface area contributed by atoms with Gasteiger partial charge in [-0.1, -0.05) is 29.8 Å². The number of aryl methyl sites for hydroxylation is 1. The molecule has 144 valence electrons. The van der Waals surface area contributed by atoms with Crippen molar-refractivity contribution >= 4 is 17.5 Å². The van der Waals surface area contributed by atoms with E-state index >= 15 is 0 Å². The van der Waals surface area contributed by atoms with Gasteiger partial charge in [-0.25, -0.2) is 4.39 Å². The zero-order chi connectivity index (χ0) is 20.0. The first-order valence-electron chi connectivity index (χ1n) is 8.94. The lowest BCUT2D eigenvalue weighted by molar-refractivity contribution is -0.908. The van der Waals surface area contributed by atoms with Crippen LogP contribution in [0.2, 0.25) is 0 Å². The Morgan fingerprint density at radius 3 is 2.48 bits per heavy atom. The molecule has 5 nitrogen and oxygen atoms in total. The average Bonchev–Trinajstić information content (AvgIpc) is 2.62. The van der Waals surface area contributed by atoms with Crippen LogP contribution in [0.4, 0.5) is 10.1 Å². The van der Waals surface area contributed by atoms with Crippen molar-refractivity contribution in [3.05, 3.63) is 65.5 Å². The lowest BCUT2D eigenvalue weighted by atomic mass is 10.1. The molecule has 0 heterocycles. The minimum Gasteiger partial charge on any atom is -0.331 e. The van der Waals surface area contributed by atoms with Gasteiger partial charge in [-0.2, -0.15) is 0 Å². The standard InChI is InChI=1S/C21H26FN3O2/c1-15-8-10-19(11-9-15)23-20(26)14-25(4)21(27)16(2)24(3)13-17-6-5-7-18(22)12-17/h5-12,16H,13-14H2,1-4H3,(H,23,26)/p+1/t16-/m1/s1. The van der Waals surface area contributed by atoms with E-state index in [4.69, 9.17) is 0 Å². The summed E-state index contributed by atoms with van der Waals surface area (Å²) in [6.45, 7) is 4.28. The molecule has 2 aromatic rings. The first-order chi connectivity index (χ1) is 12.8. The third-order valence-corrected chi connectivity index (χ3v) is 4.57. The van der Waals surface area contributed by atoms with Crippen molar-refractivity contribution in [1.29, 1.82) is 0 Å². The summed E-state index contributed by atoms with van der Waals surface area (Å²) < 4.78 is 13.3. The number of carbonyl (C=O) groups is 2. The minimum atomic E-state index is -0.356. The van der Waals surface area contributed by atoms with Crippen molar-refractivity contribution in [2.24, 2.45) is 0 Å². The van der Waals surface area contributed by atoms with Crippen LogP contribution in [0.25, 0.3) is 0 Å². The van der Waals surface area contributed by atoms with E-state index in [1.165, 1.54) is 17.0 Å². The van der Waals surface area contributed by atoms with E-state index in [9.17, 15) is 14.0 Å². The van der Waals surface area contributed by atoms with Crippen LogP contribution < -0.4 is 10.2 Å². The van der Waals surface area contributed by atoms with Gasteiger partial charge in [-0.3, -0.25) is 9.59 Å². The largest absolute Gasteiger partial charge is 0.331 e. The molecule has 2 aromatic carbocycles. The van der Waals surface area contributed by atoms with Crippen molar-refractivity contribution < 1.29 is 18.9 Å². The second-order valence-corrected chi connectivity index (χ2v) is 6.98. The maximum atomic E-state index is 13.3. The molecular formula is C21H27FN3O2+.